The third kappa shape index (κ3) is 3.16. The number of nitrogen functional groups attached to an aromatic ring is 1. The first-order valence-corrected chi connectivity index (χ1v) is 7.02. The first kappa shape index (κ1) is 13.2. The lowest BCUT2D eigenvalue weighted by molar-refractivity contribution is 0.431. The molecular weight excluding hydrogens is 222 g/mol. The maximum Gasteiger partial charge on any atom is 0.0370 e. The molecule has 1 saturated heterocycles. The SMILES string of the molecule is Cc1cc(N2CCCCCC(CN)C2)ccc1N. The minimum atomic E-state index is 0.628. The summed E-state index contributed by atoms with van der Waals surface area (Å²) in [5.74, 6) is 0.628. The van der Waals surface area contributed by atoms with Crippen molar-refractivity contribution < 1.29 is 0 Å². The number of aryl methyl sites for hydroxylation is 1. The number of rotatable bonds is 2. The molecule has 100 valence electrons. The van der Waals surface area contributed by atoms with Crippen LogP contribution in [-0.2, 0) is 0 Å². The molecule has 2 rings (SSSR count). The quantitative estimate of drug-likeness (QED) is 0.790. The van der Waals surface area contributed by atoms with Gasteiger partial charge in [-0.05, 0) is 56.0 Å². The first-order valence-electron chi connectivity index (χ1n) is 7.02. The van der Waals surface area contributed by atoms with Crippen LogP contribution in [0.3, 0.4) is 0 Å². The van der Waals surface area contributed by atoms with Crippen LogP contribution in [0.2, 0.25) is 0 Å². The zero-order chi connectivity index (χ0) is 13.0. The molecule has 1 aliphatic heterocycles. The summed E-state index contributed by atoms with van der Waals surface area (Å²) in [6, 6.07) is 6.35. The molecular formula is C15H25N3. The van der Waals surface area contributed by atoms with Crippen molar-refractivity contribution in [2.45, 2.75) is 32.6 Å². The van der Waals surface area contributed by atoms with Crippen LogP contribution in [0.1, 0.15) is 31.2 Å². The Kier molecular flexibility index (Phi) is 4.48. The van der Waals surface area contributed by atoms with E-state index < -0.39 is 0 Å². The van der Waals surface area contributed by atoms with Gasteiger partial charge < -0.3 is 16.4 Å². The van der Waals surface area contributed by atoms with Gasteiger partial charge in [0, 0.05) is 24.5 Å². The molecule has 1 aromatic carbocycles. The van der Waals surface area contributed by atoms with E-state index in [-0.39, 0.29) is 0 Å². The van der Waals surface area contributed by atoms with E-state index in [1.807, 2.05) is 6.07 Å². The lowest BCUT2D eigenvalue weighted by atomic mass is 9.97. The van der Waals surface area contributed by atoms with Gasteiger partial charge in [-0.3, -0.25) is 0 Å². The predicted molar refractivity (Wildman–Crippen MR) is 78.8 cm³/mol. The fraction of sp³-hybridized carbons (Fsp3) is 0.600. The van der Waals surface area contributed by atoms with Gasteiger partial charge in [-0.1, -0.05) is 12.8 Å². The molecule has 0 amide bonds. The van der Waals surface area contributed by atoms with E-state index in [2.05, 4.69) is 24.0 Å². The van der Waals surface area contributed by atoms with E-state index in [4.69, 9.17) is 11.5 Å². The molecule has 0 aromatic heterocycles. The second-order valence-corrected chi connectivity index (χ2v) is 5.44. The van der Waals surface area contributed by atoms with Crippen LogP contribution < -0.4 is 16.4 Å². The lowest BCUT2D eigenvalue weighted by Crippen LogP contribution is -2.35. The summed E-state index contributed by atoms with van der Waals surface area (Å²) in [5.41, 5.74) is 15.1. The van der Waals surface area contributed by atoms with Crippen LogP contribution in [0.5, 0.6) is 0 Å². The Morgan fingerprint density at radius 3 is 2.83 bits per heavy atom. The largest absolute Gasteiger partial charge is 0.399 e. The molecule has 3 nitrogen and oxygen atoms in total. The normalized spacial score (nSPS) is 21.4. The van der Waals surface area contributed by atoms with Crippen molar-refractivity contribution in [3.63, 3.8) is 0 Å². The third-order valence-corrected chi connectivity index (χ3v) is 3.97. The fourth-order valence-electron chi connectivity index (χ4n) is 2.69. The highest BCUT2D eigenvalue weighted by atomic mass is 15.1. The Morgan fingerprint density at radius 1 is 1.28 bits per heavy atom. The van der Waals surface area contributed by atoms with E-state index >= 15 is 0 Å². The van der Waals surface area contributed by atoms with Gasteiger partial charge in [0.1, 0.15) is 0 Å². The summed E-state index contributed by atoms with van der Waals surface area (Å²) in [5, 5.41) is 0. The monoisotopic (exact) mass is 247 g/mol. The van der Waals surface area contributed by atoms with E-state index in [9.17, 15) is 0 Å². The molecule has 0 spiro atoms. The van der Waals surface area contributed by atoms with Crippen molar-refractivity contribution in [1.82, 2.24) is 0 Å². The van der Waals surface area contributed by atoms with Gasteiger partial charge in [-0.2, -0.15) is 0 Å². The van der Waals surface area contributed by atoms with Crippen LogP contribution in [0.4, 0.5) is 11.4 Å². The average molecular weight is 247 g/mol. The number of nitrogens with two attached hydrogens (primary N) is 2. The van der Waals surface area contributed by atoms with Crippen molar-refractivity contribution >= 4 is 11.4 Å². The molecule has 3 heteroatoms. The molecule has 0 saturated carbocycles. The van der Waals surface area contributed by atoms with Gasteiger partial charge in [0.2, 0.25) is 0 Å². The highest BCUT2D eigenvalue weighted by molar-refractivity contribution is 5.58. The van der Waals surface area contributed by atoms with Crippen LogP contribution >= 0.6 is 0 Å². The van der Waals surface area contributed by atoms with Crippen LogP contribution in [0, 0.1) is 12.8 Å². The number of hydrogen-bond acceptors (Lipinski definition) is 3. The molecule has 18 heavy (non-hydrogen) atoms. The van der Waals surface area contributed by atoms with E-state index in [0.29, 0.717) is 5.92 Å². The Bertz CT molecular complexity index is 389. The van der Waals surface area contributed by atoms with Crippen molar-refractivity contribution in [3.8, 4) is 0 Å². The number of nitrogens with zero attached hydrogens (tertiary/aromatic N) is 1. The summed E-state index contributed by atoms with van der Waals surface area (Å²) < 4.78 is 0. The second-order valence-electron chi connectivity index (χ2n) is 5.44. The molecule has 0 radical (unpaired) electrons. The van der Waals surface area contributed by atoms with Gasteiger partial charge in [-0.25, -0.2) is 0 Å². The molecule has 1 aliphatic rings. The third-order valence-electron chi connectivity index (χ3n) is 3.97. The Hall–Kier alpha value is -1.22. The van der Waals surface area contributed by atoms with Crippen molar-refractivity contribution in [2.75, 3.05) is 30.3 Å². The fourth-order valence-corrected chi connectivity index (χ4v) is 2.69. The predicted octanol–water partition coefficient (Wildman–Crippen LogP) is 2.53. The Labute approximate surface area is 110 Å². The highest BCUT2D eigenvalue weighted by Crippen LogP contribution is 2.24. The molecule has 1 unspecified atom stereocenters. The summed E-state index contributed by atoms with van der Waals surface area (Å²) in [7, 11) is 0. The summed E-state index contributed by atoms with van der Waals surface area (Å²) in [6.45, 7) is 5.09. The topological polar surface area (TPSA) is 55.3 Å². The maximum absolute atomic E-state index is 5.89. The number of benzene rings is 1. The lowest BCUT2D eigenvalue weighted by Gasteiger charge is -2.31. The average Bonchev–Trinajstić information content (AvgIpc) is 2.33. The maximum atomic E-state index is 5.89. The van der Waals surface area contributed by atoms with Gasteiger partial charge in [0.15, 0.2) is 0 Å². The molecule has 1 atom stereocenters. The molecule has 0 aliphatic carbocycles. The zero-order valence-corrected chi connectivity index (χ0v) is 11.4. The Balaban J connectivity index is 2.14. The second kappa shape index (κ2) is 6.10. The Morgan fingerprint density at radius 2 is 2.11 bits per heavy atom. The standard InChI is InChI=1S/C15H25N3/c1-12-9-14(6-7-15(12)17)18-8-4-2-3-5-13(10-16)11-18/h6-7,9,13H,2-5,8,10-11,16-17H2,1H3. The molecule has 4 N–H and O–H groups in total. The molecule has 1 heterocycles. The first-order chi connectivity index (χ1) is 8.70. The summed E-state index contributed by atoms with van der Waals surface area (Å²) in [6.07, 6.45) is 5.19. The summed E-state index contributed by atoms with van der Waals surface area (Å²) in [4.78, 5) is 2.48. The highest BCUT2D eigenvalue weighted by Gasteiger charge is 2.16. The van der Waals surface area contributed by atoms with E-state index in [0.717, 1.165) is 25.3 Å². The van der Waals surface area contributed by atoms with Crippen LogP contribution in [0.25, 0.3) is 0 Å². The van der Waals surface area contributed by atoms with Gasteiger partial charge in [0.25, 0.3) is 0 Å². The van der Waals surface area contributed by atoms with E-state index in [1.165, 1.54) is 36.9 Å². The van der Waals surface area contributed by atoms with Gasteiger partial charge in [-0.15, -0.1) is 0 Å². The zero-order valence-electron chi connectivity index (χ0n) is 11.4. The minimum absolute atomic E-state index is 0.628. The van der Waals surface area contributed by atoms with Crippen LogP contribution in [-0.4, -0.2) is 19.6 Å². The smallest absolute Gasteiger partial charge is 0.0370 e. The van der Waals surface area contributed by atoms with Crippen molar-refractivity contribution in [2.24, 2.45) is 11.7 Å². The van der Waals surface area contributed by atoms with Crippen molar-refractivity contribution in [3.05, 3.63) is 23.8 Å². The van der Waals surface area contributed by atoms with E-state index in [1.54, 1.807) is 0 Å². The number of anilines is 2. The number of hydrogen-bond donors (Lipinski definition) is 2. The minimum Gasteiger partial charge on any atom is -0.399 e. The molecule has 1 aromatic rings. The molecule has 0 bridgehead atoms. The van der Waals surface area contributed by atoms with Crippen molar-refractivity contribution in [1.29, 1.82) is 0 Å². The molecule has 1 fully saturated rings. The van der Waals surface area contributed by atoms with Crippen LogP contribution in [0.15, 0.2) is 18.2 Å². The van der Waals surface area contributed by atoms with Gasteiger partial charge >= 0.3 is 0 Å². The van der Waals surface area contributed by atoms with Gasteiger partial charge in [0.05, 0.1) is 0 Å². The summed E-state index contributed by atoms with van der Waals surface area (Å²) >= 11 is 0.